The molecule has 2 heterocycles. The number of anilines is 1. The molecule has 2 rings (SSSR count). The van der Waals surface area contributed by atoms with Gasteiger partial charge in [0, 0.05) is 25.1 Å². The fraction of sp³-hybridized carbons (Fsp3) is 0.462. The van der Waals surface area contributed by atoms with Gasteiger partial charge in [0.1, 0.15) is 6.54 Å². The second-order valence-corrected chi connectivity index (χ2v) is 4.57. The van der Waals surface area contributed by atoms with E-state index in [9.17, 15) is 4.79 Å². The number of nitrogens with one attached hydrogen (secondary N) is 1. The SMILES string of the molecule is CCc1c(C)nn(CC(=O)Nc2nccn2C)c1C. The van der Waals surface area contributed by atoms with E-state index in [1.807, 2.05) is 20.9 Å². The van der Waals surface area contributed by atoms with E-state index in [1.54, 1.807) is 21.6 Å². The normalized spacial score (nSPS) is 10.7. The van der Waals surface area contributed by atoms with Crippen molar-refractivity contribution in [3.8, 4) is 0 Å². The van der Waals surface area contributed by atoms with Crippen LogP contribution in [-0.2, 0) is 24.8 Å². The van der Waals surface area contributed by atoms with Crippen molar-refractivity contribution in [2.45, 2.75) is 33.7 Å². The highest BCUT2D eigenvalue weighted by Gasteiger charge is 2.13. The number of aromatic nitrogens is 4. The molecule has 0 atom stereocenters. The summed E-state index contributed by atoms with van der Waals surface area (Å²) < 4.78 is 3.50. The molecular weight excluding hydrogens is 242 g/mol. The highest BCUT2D eigenvalue weighted by atomic mass is 16.2. The zero-order valence-corrected chi connectivity index (χ0v) is 11.8. The summed E-state index contributed by atoms with van der Waals surface area (Å²) in [5, 5.41) is 7.17. The number of carbonyl (C=O) groups excluding carboxylic acids is 1. The minimum Gasteiger partial charge on any atom is -0.320 e. The van der Waals surface area contributed by atoms with Gasteiger partial charge in [0.15, 0.2) is 0 Å². The Labute approximate surface area is 112 Å². The van der Waals surface area contributed by atoms with Crippen LogP contribution in [0.15, 0.2) is 12.4 Å². The van der Waals surface area contributed by atoms with Gasteiger partial charge >= 0.3 is 0 Å². The Morgan fingerprint density at radius 2 is 2.16 bits per heavy atom. The molecule has 6 nitrogen and oxygen atoms in total. The Bertz CT molecular complexity index is 596. The fourth-order valence-electron chi connectivity index (χ4n) is 2.19. The quantitative estimate of drug-likeness (QED) is 0.905. The summed E-state index contributed by atoms with van der Waals surface area (Å²) in [5.41, 5.74) is 3.25. The third-order valence-electron chi connectivity index (χ3n) is 3.25. The lowest BCUT2D eigenvalue weighted by Gasteiger charge is -2.06. The van der Waals surface area contributed by atoms with Crippen molar-refractivity contribution in [3.05, 3.63) is 29.3 Å². The molecule has 2 aromatic rings. The Hall–Kier alpha value is -2.11. The predicted octanol–water partition coefficient (Wildman–Crippen LogP) is 1.43. The maximum atomic E-state index is 12.0. The Morgan fingerprint density at radius 1 is 1.42 bits per heavy atom. The average molecular weight is 261 g/mol. The third-order valence-corrected chi connectivity index (χ3v) is 3.25. The summed E-state index contributed by atoms with van der Waals surface area (Å²) in [7, 11) is 1.83. The summed E-state index contributed by atoms with van der Waals surface area (Å²) in [6.07, 6.45) is 4.36. The number of aryl methyl sites for hydroxylation is 2. The molecular formula is C13H19N5O. The molecule has 6 heteroatoms. The molecule has 0 saturated heterocycles. The number of carbonyl (C=O) groups is 1. The van der Waals surface area contributed by atoms with Crippen LogP contribution in [0.2, 0.25) is 0 Å². The summed E-state index contributed by atoms with van der Waals surface area (Å²) in [4.78, 5) is 16.0. The van der Waals surface area contributed by atoms with Gasteiger partial charge in [-0.05, 0) is 25.8 Å². The van der Waals surface area contributed by atoms with Crippen LogP contribution in [0.1, 0.15) is 23.9 Å². The van der Waals surface area contributed by atoms with Crippen molar-refractivity contribution >= 4 is 11.9 Å². The molecule has 1 amide bonds. The van der Waals surface area contributed by atoms with Crippen molar-refractivity contribution in [1.29, 1.82) is 0 Å². The molecule has 2 aromatic heterocycles. The largest absolute Gasteiger partial charge is 0.320 e. The summed E-state index contributed by atoms with van der Waals surface area (Å²) >= 11 is 0. The molecule has 0 aliphatic carbocycles. The fourth-order valence-corrected chi connectivity index (χ4v) is 2.19. The van der Waals surface area contributed by atoms with Crippen LogP contribution in [0.3, 0.4) is 0 Å². The van der Waals surface area contributed by atoms with E-state index < -0.39 is 0 Å². The van der Waals surface area contributed by atoms with Gasteiger partial charge in [0.25, 0.3) is 0 Å². The van der Waals surface area contributed by atoms with Crippen LogP contribution in [-0.4, -0.2) is 25.2 Å². The zero-order valence-electron chi connectivity index (χ0n) is 11.8. The number of imidazole rings is 1. The second-order valence-electron chi connectivity index (χ2n) is 4.57. The van der Waals surface area contributed by atoms with Crippen LogP contribution in [0.4, 0.5) is 5.95 Å². The number of rotatable bonds is 4. The van der Waals surface area contributed by atoms with Crippen LogP contribution in [0, 0.1) is 13.8 Å². The lowest BCUT2D eigenvalue weighted by Crippen LogP contribution is -2.22. The molecule has 19 heavy (non-hydrogen) atoms. The molecule has 0 unspecified atom stereocenters. The van der Waals surface area contributed by atoms with Crippen LogP contribution < -0.4 is 5.32 Å². The Morgan fingerprint density at radius 3 is 2.68 bits per heavy atom. The molecule has 0 fully saturated rings. The standard InChI is InChI=1S/C13H19N5O/c1-5-11-9(2)16-18(10(11)3)8-12(19)15-13-14-6-7-17(13)4/h6-7H,5,8H2,1-4H3,(H,14,15,19). The highest BCUT2D eigenvalue weighted by molar-refractivity contribution is 5.88. The van der Waals surface area contributed by atoms with Crippen LogP contribution in [0.5, 0.6) is 0 Å². The van der Waals surface area contributed by atoms with E-state index in [0.717, 1.165) is 17.8 Å². The molecule has 0 aliphatic heterocycles. The molecule has 0 aliphatic rings. The van der Waals surface area contributed by atoms with Gasteiger partial charge in [-0.1, -0.05) is 6.92 Å². The lowest BCUT2D eigenvalue weighted by molar-refractivity contribution is -0.117. The molecule has 1 N–H and O–H groups in total. The first-order valence-electron chi connectivity index (χ1n) is 6.33. The molecule has 0 radical (unpaired) electrons. The van der Waals surface area contributed by atoms with Crippen LogP contribution >= 0.6 is 0 Å². The van der Waals surface area contributed by atoms with Crippen molar-refractivity contribution < 1.29 is 4.79 Å². The number of nitrogens with zero attached hydrogens (tertiary/aromatic N) is 4. The van der Waals surface area contributed by atoms with Gasteiger partial charge in [-0.25, -0.2) is 4.98 Å². The molecule has 0 bridgehead atoms. The van der Waals surface area contributed by atoms with Gasteiger partial charge in [-0.2, -0.15) is 5.10 Å². The van der Waals surface area contributed by atoms with Gasteiger partial charge in [0.05, 0.1) is 5.69 Å². The average Bonchev–Trinajstić information content (AvgIpc) is 2.85. The molecule has 0 spiro atoms. The first-order valence-corrected chi connectivity index (χ1v) is 6.33. The Balaban J connectivity index is 2.09. The second kappa shape index (κ2) is 5.26. The highest BCUT2D eigenvalue weighted by Crippen LogP contribution is 2.13. The minimum absolute atomic E-state index is 0.123. The predicted molar refractivity (Wildman–Crippen MR) is 72.9 cm³/mol. The smallest absolute Gasteiger partial charge is 0.248 e. The van der Waals surface area contributed by atoms with Gasteiger partial charge in [-0.3, -0.25) is 14.8 Å². The molecule has 102 valence electrons. The summed E-state index contributed by atoms with van der Waals surface area (Å²) in [6, 6.07) is 0. The van der Waals surface area contributed by atoms with E-state index in [1.165, 1.54) is 5.56 Å². The first-order chi connectivity index (χ1) is 9.02. The van der Waals surface area contributed by atoms with E-state index in [0.29, 0.717) is 5.95 Å². The number of amides is 1. The van der Waals surface area contributed by atoms with E-state index >= 15 is 0 Å². The van der Waals surface area contributed by atoms with E-state index in [-0.39, 0.29) is 12.5 Å². The maximum Gasteiger partial charge on any atom is 0.248 e. The monoisotopic (exact) mass is 261 g/mol. The molecule has 0 saturated carbocycles. The summed E-state index contributed by atoms with van der Waals surface area (Å²) in [5.74, 6) is 0.421. The number of hydrogen-bond donors (Lipinski definition) is 1. The maximum absolute atomic E-state index is 12.0. The van der Waals surface area contributed by atoms with Crippen molar-refractivity contribution in [1.82, 2.24) is 19.3 Å². The van der Waals surface area contributed by atoms with Crippen molar-refractivity contribution in [3.63, 3.8) is 0 Å². The zero-order chi connectivity index (χ0) is 14.0. The van der Waals surface area contributed by atoms with Gasteiger partial charge in [-0.15, -0.1) is 0 Å². The number of hydrogen-bond acceptors (Lipinski definition) is 3. The Kier molecular flexibility index (Phi) is 3.69. The van der Waals surface area contributed by atoms with Crippen molar-refractivity contribution in [2.24, 2.45) is 7.05 Å². The topological polar surface area (TPSA) is 64.7 Å². The lowest BCUT2D eigenvalue weighted by atomic mass is 10.1. The van der Waals surface area contributed by atoms with Crippen LogP contribution in [0.25, 0.3) is 0 Å². The van der Waals surface area contributed by atoms with E-state index in [4.69, 9.17) is 0 Å². The molecule has 0 aromatic carbocycles. The summed E-state index contributed by atoms with van der Waals surface area (Å²) in [6.45, 7) is 6.26. The third kappa shape index (κ3) is 2.67. The van der Waals surface area contributed by atoms with Gasteiger partial charge < -0.3 is 4.57 Å². The van der Waals surface area contributed by atoms with Crippen molar-refractivity contribution in [2.75, 3.05) is 5.32 Å². The van der Waals surface area contributed by atoms with E-state index in [2.05, 4.69) is 22.3 Å². The first kappa shape index (κ1) is 13.3. The van der Waals surface area contributed by atoms with Gasteiger partial charge in [0.2, 0.25) is 11.9 Å². The minimum atomic E-state index is -0.123.